The molecular formula is C25H28N6O2S. The van der Waals surface area contributed by atoms with Crippen LogP contribution < -0.4 is 10.6 Å². The molecule has 4 rings (SSSR count). The van der Waals surface area contributed by atoms with Gasteiger partial charge in [-0.1, -0.05) is 30.3 Å². The SMILES string of the molecule is COCc1ccc(CNC(=O)c2csc(Nc3cccc(C4CCN(CC#N)CC4)n3)n2)cc1. The molecule has 0 atom stereocenters. The zero-order valence-corrected chi connectivity index (χ0v) is 20.0. The van der Waals surface area contributed by atoms with Crippen LogP contribution in [0.4, 0.5) is 10.9 Å². The minimum Gasteiger partial charge on any atom is -0.380 e. The summed E-state index contributed by atoms with van der Waals surface area (Å²) in [5.74, 6) is 0.892. The number of nitrogens with zero attached hydrogens (tertiary/aromatic N) is 4. The zero-order valence-electron chi connectivity index (χ0n) is 19.2. The maximum atomic E-state index is 12.5. The van der Waals surface area contributed by atoms with E-state index < -0.39 is 0 Å². The number of anilines is 2. The van der Waals surface area contributed by atoms with Gasteiger partial charge in [0, 0.05) is 30.6 Å². The number of carbonyl (C=O) groups is 1. The van der Waals surface area contributed by atoms with E-state index in [1.807, 2.05) is 36.4 Å². The van der Waals surface area contributed by atoms with Crippen molar-refractivity contribution >= 4 is 28.2 Å². The second-order valence-electron chi connectivity index (χ2n) is 8.25. The predicted molar refractivity (Wildman–Crippen MR) is 132 cm³/mol. The monoisotopic (exact) mass is 476 g/mol. The summed E-state index contributed by atoms with van der Waals surface area (Å²) in [7, 11) is 1.67. The van der Waals surface area contributed by atoms with Crippen LogP contribution in [0.5, 0.6) is 0 Å². The number of carbonyl (C=O) groups excluding carboxylic acids is 1. The molecule has 0 aliphatic carbocycles. The number of nitriles is 1. The van der Waals surface area contributed by atoms with E-state index in [1.54, 1.807) is 12.5 Å². The summed E-state index contributed by atoms with van der Waals surface area (Å²) in [5, 5.41) is 17.4. The van der Waals surface area contributed by atoms with Crippen LogP contribution in [0.3, 0.4) is 0 Å². The van der Waals surface area contributed by atoms with Crippen molar-refractivity contribution in [3.63, 3.8) is 0 Å². The van der Waals surface area contributed by atoms with Crippen LogP contribution in [0.2, 0.25) is 0 Å². The van der Waals surface area contributed by atoms with E-state index in [4.69, 9.17) is 15.0 Å². The summed E-state index contributed by atoms with van der Waals surface area (Å²) in [6.45, 7) is 3.33. The molecule has 176 valence electrons. The Hall–Kier alpha value is -3.32. The van der Waals surface area contributed by atoms with Gasteiger partial charge in [-0.3, -0.25) is 9.69 Å². The van der Waals surface area contributed by atoms with E-state index in [-0.39, 0.29) is 5.91 Å². The van der Waals surface area contributed by atoms with Crippen molar-refractivity contribution in [3.05, 3.63) is 70.4 Å². The molecule has 8 nitrogen and oxygen atoms in total. The molecule has 2 N–H and O–H groups in total. The van der Waals surface area contributed by atoms with Crippen LogP contribution in [0.1, 0.15) is 46.1 Å². The van der Waals surface area contributed by atoms with Gasteiger partial charge in [-0.15, -0.1) is 11.3 Å². The summed E-state index contributed by atoms with van der Waals surface area (Å²) in [5.41, 5.74) is 3.54. The Kier molecular flexibility index (Phi) is 8.20. The first-order valence-electron chi connectivity index (χ1n) is 11.3. The number of rotatable bonds is 9. The molecule has 0 unspecified atom stereocenters. The fourth-order valence-electron chi connectivity index (χ4n) is 3.97. The molecular weight excluding hydrogens is 448 g/mol. The van der Waals surface area contributed by atoms with E-state index >= 15 is 0 Å². The highest BCUT2D eigenvalue weighted by Crippen LogP contribution is 2.28. The Morgan fingerprint density at radius 3 is 2.68 bits per heavy atom. The number of piperidine rings is 1. The number of thiazole rings is 1. The van der Waals surface area contributed by atoms with E-state index in [2.05, 4.69) is 32.7 Å². The smallest absolute Gasteiger partial charge is 0.271 e. The Labute approximate surface area is 203 Å². The third-order valence-electron chi connectivity index (χ3n) is 5.83. The number of ether oxygens (including phenoxy) is 1. The highest BCUT2D eigenvalue weighted by atomic mass is 32.1. The minimum atomic E-state index is -0.212. The number of hydrogen-bond acceptors (Lipinski definition) is 8. The summed E-state index contributed by atoms with van der Waals surface area (Å²) in [6, 6.07) is 16.1. The van der Waals surface area contributed by atoms with Gasteiger partial charge >= 0.3 is 0 Å². The molecule has 3 heterocycles. The van der Waals surface area contributed by atoms with Gasteiger partial charge in [-0.05, 0) is 49.2 Å². The topological polar surface area (TPSA) is 103 Å². The lowest BCUT2D eigenvalue weighted by Crippen LogP contribution is -2.33. The first kappa shape index (κ1) is 23.8. The normalized spacial score (nSPS) is 14.5. The Morgan fingerprint density at radius 2 is 1.94 bits per heavy atom. The lowest BCUT2D eigenvalue weighted by molar-refractivity contribution is 0.0946. The second-order valence-corrected chi connectivity index (χ2v) is 9.11. The van der Waals surface area contributed by atoms with Gasteiger partial charge in [0.15, 0.2) is 5.13 Å². The fourth-order valence-corrected chi connectivity index (χ4v) is 4.67. The van der Waals surface area contributed by atoms with Crippen LogP contribution in [-0.2, 0) is 17.9 Å². The number of likely N-dealkylation sites (tertiary alicyclic amines) is 1. The molecule has 1 fully saturated rings. The molecule has 1 aliphatic heterocycles. The lowest BCUT2D eigenvalue weighted by Gasteiger charge is -2.29. The number of benzene rings is 1. The molecule has 34 heavy (non-hydrogen) atoms. The molecule has 1 aliphatic rings. The molecule has 9 heteroatoms. The van der Waals surface area contributed by atoms with Gasteiger partial charge < -0.3 is 15.4 Å². The largest absolute Gasteiger partial charge is 0.380 e. The summed E-state index contributed by atoms with van der Waals surface area (Å²) in [6.07, 6.45) is 1.99. The number of methoxy groups -OCH3 is 1. The van der Waals surface area contributed by atoms with Crippen LogP contribution in [0, 0.1) is 11.3 Å². The van der Waals surface area contributed by atoms with Crippen molar-refractivity contribution < 1.29 is 9.53 Å². The average molecular weight is 477 g/mol. The van der Waals surface area contributed by atoms with E-state index in [1.165, 1.54) is 11.3 Å². The van der Waals surface area contributed by atoms with Crippen LogP contribution in [0.25, 0.3) is 0 Å². The summed E-state index contributed by atoms with van der Waals surface area (Å²) in [4.78, 5) is 23.9. The maximum absolute atomic E-state index is 12.5. The van der Waals surface area contributed by atoms with Gasteiger partial charge in [0.05, 0.1) is 19.2 Å². The van der Waals surface area contributed by atoms with Crippen molar-refractivity contribution in [1.82, 2.24) is 20.2 Å². The van der Waals surface area contributed by atoms with Crippen molar-refractivity contribution in [2.24, 2.45) is 0 Å². The zero-order chi connectivity index (χ0) is 23.8. The van der Waals surface area contributed by atoms with E-state index in [0.29, 0.717) is 36.4 Å². The van der Waals surface area contributed by atoms with E-state index in [0.717, 1.165) is 48.6 Å². The van der Waals surface area contributed by atoms with Gasteiger partial charge in [-0.2, -0.15) is 5.26 Å². The quantitative estimate of drug-likeness (QED) is 0.449. The lowest BCUT2D eigenvalue weighted by atomic mass is 9.93. The van der Waals surface area contributed by atoms with Gasteiger partial charge in [0.25, 0.3) is 5.91 Å². The number of nitrogens with one attached hydrogen (secondary N) is 2. The van der Waals surface area contributed by atoms with Crippen LogP contribution in [-0.4, -0.2) is 47.5 Å². The Balaban J connectivity index is 1.31. The van der Waals surface area contributed by atoms with Gasteiger partial charge in [-0.25, -0.2) is 9.97 Å². The van der Waals surface area contributed by atoms with Crippen molar-refractivity contribution in [2.75, 3.05) is 32.1 Å². The number of aromatic nitrogens is 2. The predicted octanol–water partition coefficient (Wildman–Crippen LogP) is 4.06. The van der Waals surface area contributed by atoms with Crippen molar-refractivity contribution in [2.45, 2.75) is 31.9 Å². The third-order valence-corrected chi connectivity index (χ3v) is 6.59. The molecule has 1 aromatic carbocycles. The second kappa shape index (κ2) is 11.7. The molecule has 2 aromatic heterocycles. The van der Waals surface area contributed by atoms with Crippen LogP contribution in [0.15, 0.2) is 47.8 Å². The minimum absolute atomic E-state index is 0.212. The summed E-state index contributed by atoms with van der Waals surface area (Å²) >= 11 is 1.37. The van der Waals surface area contributed by atoms with E-state index in [9.17, 15) is 4.79 Å². The summed E-state index contributed by atoms with van der Waals surface area (Å²) < 4.78 is 5.12. The molecule has 0 saturated carbocycles. The van der Waals surface area contributed by atoms with Crippen molar-refractivity contribution in [3.8, 4) is 6.07 Å². The molecule has 3 aromatic rings. The fraction of sp³-hybridized carbons (Fsp3) is 0.360. The standard InChI is InChI=1S/C25H28N6O2S/c1-33-16-19-7-5-18(6-8-19)15-27-24(32)22-17-34-25(29-22)30-23-4-2-3-21(28-23)20-9-12-31(13-10-20)14-11-26/h2-8,17,20H,9-10,12-16H2,1H3,(H,27,32)(H,28,29,30). The first-order chi connectivity index (χ1) is 16.6. The highest BCUT2D eigenvalue weighted by molar-refractivity contribution is 7.14. The molecule has 1 saturated heterocycles. The molecule has 0 radical (unpaired) electrons. The van der Waals surface area contributed by atoms with Gasteiger partial charge in [0.2, 0.25) is 0 Å². The molecule has 1 amide bonds. The van der Waals surface area contributed by atoms with Gasteiger partial charge in [0.1, 0.15) is 11.5 Å². The number of hydrogen-bond donors (Lipinski definition) is 2. The molecule has 0 bridgehead atoms. The highest BCUT2D eigenvalue weighted by Gasteiger charge is 2.21. The first-order valence-corrected chi connectivity index (χ1v) is 12.2. The average Bonchev–Trinajstić information content (AvgIpc) is 3.33. The Bertz CT molecular complexity index is 1130. The molecule has 0 spiro atoms. The third kappa shape index (κ3) is 6.38. The van der Waals surface area contributed by atoms with Crippen LogP contribution >= 0.6 is 11.3 Å². The van der Waals surface area contributed by atoms with Crippen molar-refractivity contribution in [1.29, 1.82) is 5.26 Å². The Morgan fingerprint density at radius 1 is 1.18 bits per heavy atom. The number of amides is 1. The maximum Gasteiger partial charge on any atom is 0.271 e. The number of pyridine rings is 1.